The first-order valence-electron chi connectivity index (χ1n) is 6.21. The average molecular weight is 254 g/mol. The van der Waals surface area contributed by atoms with E-state index in [9.17, 15) is 9.18 Å². The van der Waals surface area contributed by atoms with E-state index in [0.29, 0.717) is 25.2 Å². The van der Waals surface area contributed by atoms with E-state index in [1.807, 2.05) is 0 Å². The number of carboxylic acids is 1. The van der Waals surface area contributed by atoms with E-state index in [2.05, 4.69) is 6.92 Å². The number of hydrogen-bond acceptors (Lipinski definition) is 2. The van der Waals surface area contributed by atoms with Gasteiger partial charge in [0.15, 0.2) is 0 Å². The molecule has 1 N–H and O–H groups in total. The zero-order chi connectivity index (χ0) is 13.4. The van der Waals surface area contributed by atoms with Crippen LogP contribution in [0.3, 0.4) is 0 Å². The first-order valence-corrected chi connectivity index (χ1v) is 6.21. The van der Waals surface area contributed by atoms with Crippen molar-refractivity contribution in [1.29, 1.82) is 0 Å². The van der Waals surface area contributed by atoms with Crippen molar-refractivity contribution in [2.24, 2.45) is 0 Å². The van der Waals surface area contributed by atoms with Gasteiger partial charge in [-0.25, -0.2) is 4.39 Å². The van der Waals surface area contributed by atoms with Crippen LogP contribution in [0.2, 0.25) is 0 Å². The second kappa shape index (κ2) is 7.82. The third-order valence-corrected chi connectivity index (χ3v) is 2.76. The van der Waals surface area contributed by atoms with E-state index in [4.69, 9.17) is 9.84 Å². The summed E-state index contributed by atoms with van der Waals surface area (Å²) in [6, 6.07) is 5.59. The molecule has 1 atom stereocenters. The largest absolute Gasteiger partial charge is 0.481 e. The molecule has 3 nitrogen and oxygen atoms in total. The van der Waals surface area contributed by atoms with Gasteiger partial charge in [-0.15, -0.1) is 0 Å². The molecular weight excluding hydrogens is 235 g/mol. The molecule has 0 aliphatic heterocycles. The predicted octanol–water partition coefficient (Wildman–Crippen LogP) is 3.20. The van der Waals surface area contributed by atoms with E-state index < -0.39 is 11.9 Å². The molecule has 0 radical (unpaired) electrons. The Morgan fingerprint density at radius 3 is 2.56 bits per heavy atom. The summed E-state index contributed by atoms with van der Waals surface area (Å²) in [6.07, 6.45) is 2.44. The number of aliphatic carboxylic acids is 1. The number of benzene rings is 1. The highest BCUT2D eigenvalue weighted by Gasteiger charge is 2.19. The molecule has 1 unspecified atom stereocenters. The van der Waals surface area contributed by atoms with Crippen molar-refractivity contribution in [3.63, 3.8) is 0 Å². The fourth-order valence-corrected chi connectivity index (χ4v) is 1.68. The second-order valence-corrected chi connectivity index (χ2v) is 4.20. The first-order chi connectivity index (χ1) is 8.65. The van der Waals surface area contributed by atoms with Crippen LogP contribution < -0.4 is 0 Å². The van der Waals surface area contributed by atoms with Gasteiger partial charge in [-0.3, -0.25) is 4.79 Å². The van der Waals surface area contributed by atoms with E-state index in [1.165, 1.54) is 24.3 Å². The van der Waals surface area contributed by atoms with E-state index >= 15 is 0 Å². The number of hydrogen-bond donors (Lipinski definition) is 1. The highest BCUT2D eigenvalue weighted by Crippen LogP contribution is 2.20. The summed E-state index contributed by atoms with van der Waals surface area (Å²) in [6.45, 7) is 3.14. The maximum atomic E-state index is 12.8. The smallest absolute Gasteiger partial charge is 0.311 e. The van der Waals surface area contributed by atoms with Crippen LogP contribution in [-0.2, 0) is 9.53 Å². The fraction of sp³-hybridized carbons (Fsp3) is 0.500. The van der Waals surface area contributed by atoms with Crippen LogP contribution in [0.4, 0.5) is 4.39 Å². The predicted molar refractivity (Wildman–Crippen MR) is 67.1 cm³/mol. The molecule has 0 heterocycles. The monoisotopic (exact) mass is 254 g/mol. The maximum Gasteiger partial charge on any atom is 0.311 e. The van der Waals surface area contributed by atoms with Crippen LogP contribution in [0.25, 0.3) is 0 Å². The SMILES string of the molecule is CCCCOCCC(C(=O)O)c1ccc(F)cc1. The summed E-state index contributed by atoms with van der Waals surface area (Å²) < 4.78 is 18.1. The van der Waals surface area contributed by atoms with E-state index in [-0.39, 0.29) is 5.82 Å². The summed E-state index contributed by atoms with van der Waals surface area (Å²) in [5, 5.41) is 9.15. The molecule has 0 saturated carbocycles. The van der Waals surface area contributed by atoms with Crippen molar-refractivity contribution >= 4 is 5.97 Å². The van der Waals surface area contributed by atoms with Crippen molar-refractivity contribution in [2.75, 3.05) is 13.2 Å². The molecule has 0 aliphatic rings. The van der Waals surface area contributed by atoms with Crippen molar-refractivity contribution < 1.29 is 19.0 Å². The lowest BCUT2D eigenvalue weighted by Gasteiger charge is -2.12. The first kappa shape index (κ1) is 14.6. The van der Waals surface area contributed by atoms with Crippen molar-refractivity contribution in [3.05, 3.63) is 35.6 Å². The maximum absolute atomic E-state index is 12.8. The van der Waals surface area contributed by atoms with Gasteiger partial charge in [-0.05, 0) is 30.5 Å². The van der Waals surface area contributed by atoms with Crippen molar-refractivity contribution in [3.8, 4) is 0 Å². The van der Waals surface area contributed by atoms with Crippen LogP contribution in [0, 0.1) is 5.82 Å². The van der Waals surface area contributed by atoms with E-state index in [1.54, 1.807) is 0 Å². The summed E-state index contributed by atoms with van der Waals surface area (Å²) in [7, 11) is 0. The number of halogens is 1. The molecular formula is C14H19FO3. The zero-order valence-corrected chi connectivity index (χ0v) is 10.6. The topological polar surface area (TPSA) is 46.5 Å². The molecule has 0 bridgehead atoms. The Bertz CT molecular complexity index is 362. The molecule has 4 heteroatoms. The minimum absolute atomic E-state index is 0.359. The molecule has 0 aliphatic carbocycles. The highest BCUT2D eigenvalue weighted by atomic mass is 19.1. The van der Waals surface area contributed by atoms with Crippen LogP contribution >= 0.6 is 0 Å². The lowest BCUT2D eigenvalue weighted by Crippen LogP contribution is -2.14. The summed E-state index contributed by atoms with van der Waals surface area (Å²) in [4.78, 5) is 11.2. The summed E-state index contributed by atoms with van der Waals surface area (Å²) in [5.74, 6) is -1.89. The van der Waals surface area contributed by atoms with Crippen LogP contribution in [-0.4, -0.2) is 24.3 Å². The van der Waals surface area contributed by atoms with Gasteiger partial charge in [-0.2, -0.15) is 0 Å². The standard InChI is InChI=1S/C14H19FO3/c1-2-3-9-18-10-8-13(14(16)17)11-4-6-12(15)7-5-11/h4-7,13H,2-3,8-10H2,1H3,(H,16,17). The number of rotatable bonds is 8. The number of carboxylic acid groups (broad SMARTS) is 1. The summed E-state index contributed by atoms with van der Waals surface area (Å²) >= 11 is 0. The minimum Gasteiger partial charge on any atom is -0.481 e. The van der Waals surface area contributed by atoms with Gasteiger partial charge in [0.2, 0.25) is 0 Å². The Morgan fingerprint density at radius 1 is 1.33 bits per heavy atom. The molecule has 0 fully saturated rings. The van der Waals surface area contributed by atoms with Gasteiger partial charge in [0, 0.05) is 13.2 Å². The van der Waals surface area contributed by atoms with E-state index in [0.717, 1.165) is 12.8 Å². The van der Waals surface area contributed by atoms with Gasteiger partial charge in [0.1, 0.15) is 5.82 Å². The average Bonchev–Trinajstić information content (AvgIpc) is 2.35. The Labute approximate surface area is 107 Å². The molecule has 1 aromatic carbocycles. The molecule has 0 aromatic heterocycles. The van der Waals surface area contributed by atoms with Crippen molar-refractivity contribution in [2.45, 2.75) is 32.1 Å². The number of ether oxygens (including phenoxy) is 1. The molecule has 18 heavy (non-hydrogen) atoms. The molecule has 1 rings (SSSR count). The quantitative estimate of drug-likeness (QED) is 0.725. The molecule has 100 valence electrons. The van der Waals surface area contributed by atoms with Crippen LogP contribution in [0.1, 0.15) is 37.7 Å². The Morgan fingerprint density at radius 2 is 2.00 bits per heavy atom. The minimum atomic E-state index is -0.902. The summed E-state index contributed by atoms with van der Waals surface area (Å²) in [5.41, 5.74) is 0.614. The zero-order valence-electron chi connectivity index (χ0n) is 10.6. The number of carbonyl (C=O) groups is 1. The number of unbranched alkanes of at least 4 members (excludes halogenated alkanes) is 1. The van der Waals surface area contributed by atoms with Gasteiger partial charge in [0.05, 0.1) is 5.92 Å². The highest BCUT2D eigenvalue weighted by molar-refractivity contribution is 5.76. The van der Waals surface area contributed by atoms with Gasteiger partial charge < -0.3 is 9.84 Å². The van der Waals surface area contributed by atoms with Gasteiger partial charge >= 0.3 is 5.97 Å². The van der Waals surface area contributed by atoms with Crippen LogP contribution in [0.15, 0.2) is 24.3 Å². The Hall–Kier alpha value is -1.42. The lowest BCUT2D eigenvalue weighted by molar-refractivity contribution is -0.139. The third kappa shape index (κ3) is 4.84. The Kier molecular flexibility index (Phi) is 6.36. The Balaban J connectivity index is 2.50. The van der Waals surface area contributed by atoms with Crippen LogP contribution in [0.5, 0.6) is 0 Å². The molecule has 0 saturated heterocycles. The van der Waals surface area contributed by atoms with Crippen molar-refractivity contribution in [1.82, 2.24) is 0 Å². The fourth-order valence-electron chi connectivity index (χ4n) is 1.68. The lowest BCUT2D eigenvalue weighted by atomic mass is 9.96. The molecule has 0 spiro atoms. The van der Waals surface area contributed by atoms with Gasteiger partial charge in [-0.1, -0.05) is 25.5 Å². The normalized spacial score (nSPS) is 12.3. The molecule has 1 aromatic rings. The second-order valence-electron chi connectivity index (χ2n) is 4.20. The third-order valence-electron chi connectivity index (χ3n) is 2.76. The molecule has 0 amide bonds. The van der Waals surface area contributed by atoms with Gasteiger partial charge in [0.25, 0.3) is 0 Å².